The molecule has 1 fully saturated rings. The number of amides is 1. The van der Waals surface area contributed by atoms with Gasteiger partial charge < -0.3 is 9.64 Å². The summed E-state index contributed by atoms with van der Waals surface area (Å²) < 4.78 is 5.60. The zero-order valence-corrected chi connectivity index (χ0v) is 12.1. The number of benzene rings is 1. The Balaban J connectivity index is 1.78. The van der Waals surface area contributed by atoms with Crippen molar-refractivity contribution in [3.05, 3.63) is 42.7 Å². The minimum absolute atomic E-state index is 0.194. The summed E-state index contributed by atoms with van der Waals surface area (Å²) in [5.41, 5.74) is 3.05. The number of hydrogen-bond donors (Lipinski definition) is 0. The van der Waals surface area contributed by atoms with Crippen LogP contribution in [0.5, 0.6) is 5.75 Å². The smallest absolute Gasteiger partial charge is 0.228 e. The largest absolute Gasteiger partial charge is 0.492 e. The number of rotatable bonds is 5. The number of ether oxygens (including phenoxy) is 1. The quantitative estimate of drug-likeness (QED) is 0.790. The number of carbonyl (C=O) groups excluding carboxylic acids is 1. The van der Waals surface area contributed by atoms with E-state index in [1.807, 2.05) is 36.5 Å². The Morgan fingerprint density at radius 2 is 2.00 bits per heavy atom. The standard InChI is InChI=1S/C17H18N2O2/c1-2-9-21-16-10-14(11-18-12-16)13-3-5-15(6-4-13)19-8-7-17(19)20/h3-6,10-12H,2,7-9H2,1H3. The van der Waals surface area contributed by atoms with E-state index >= 15 is 0 Å². The van der Waals surface area contributed by atoms with Crippen molar-refractivity contribution in [3.8, 4) is 16.9 Å². The molecule has 1 aromatic carbocycles. The van der Waals surface area contributed by atoms with Gasteiger partial charge in [0.05, 0.1) is 12.8 Å². The molecule has 4 heteroatoms. The van der Waals surface area contributed by atoms with Crippen LogP contribution in [-0.4, -0.2) is 24.0 Å². The number of carbonyl (C=O) groups is 1. The van der Waals surface area contributed by atoms with Crippen LogP contribution < -0.4 is 9.64 Å². The first-order valence-electron chi connectivity index (χ1n) is 7.26. The molecule has 1 saturated heterocycles. The molecular weight excluding hydrogens is 264 g/mol. The maximum atomic E-state index is 11.4. The summed E-state index contributed by atoms with van der Waals surface area (Å²) in [7, 11) is 0. The third kappa shape index (κ3) is 2.89. The van der Waals surface area contributed by atoms with Crippen LogP contribution in [0, 0.1) is 0 Å². The average Bonchev–Trinajstić information content (AvgIpc) is 2.52. The van der Waals surface area contributed by atoms with Crippen molar-refractivity contribution < 1.29 is 9.53 Å². The Morgan fingerprint density at radius 3 is 2.62 bits per heavy atom. The predicted molar refractivity (Wildman–Crippen MR) is 82.4 cm³/mol. The highest BCUT2D eigenvalue weighted by atomic mass is 16.5. The minimum Gasteiger partial charge on any atom is -0.492 e. The molecule has 0 spiro atoms. The molecule has 1 aliphatic rings. The van der Waals surface area contributed by atoms with E-state index in [0.717, 1.165) is 35.5 Å². The monoisotopic (exact) mass is 282 g/mol. The number of aromatic nitrogens is 1. The van der Waals surface area contributed by atoms with Gasteiger partial charge in [0.2, 0.25) is 5.91 Å². The minimum atomic E-state index is 0.194. The fraction of sp³-hybridized carbons (Fsp3) is 0.294. The van der Waals surface area contributed by atoms with Gasteiger partial charge in [-0.1, -0.05) is 19.1 Å². The first-order valence-corrected chi connectivity index (χ1v) is 7.26. The van der Waals surface area contributed by atoms with E-state index in [2.05, 4.69) is 11.9 Å². The van der Waals surface area contributed by atoms with Crippen LogP contribution in [0.4, 0.5) is 5.69 Å². The van der Waals surface area contributed by atoms with Gasteiger partial charge in [0.15, 0.2) is 0 Å². The molecule has 0 atom stereocenters. The zero-order valence-electron chi connectivity index (χ0n) is 12.1. The first kappa shape index (κ1) is 13.6. The SMILES string of the molecule is CCCOc1cncc(-c2ccc(N3CCC3=O)cc2)c1. The molecule has 0 N–H and O–H groups in total. The van der Waals surface area contributed by atoms with Gasteiger partial charge in [-0.05, 0) is 30.2 Å². The van der Waals surface area contributed by atoms with Crippen molar-refractivity contribution in [1.29, 1.82) is 0 Å². The molecule has 0 unspecified atom stereocenters. The molecule has 0 saturated carbocycles. The molecule has 1 amide bonds. The van der Waals surface area contributed by atoms with Gasteiger partial charge in [-0.15, -0.1) is 0 Å². The molecule has 1 aromatic heterocycles. The van der Waals surface area contributed by atoms with Crippen molar-refractivity contribution in [1.82, 2.24) is 4.98 Å². The zero-order chi connectivity index (χ0) is 14.7. The number of nitrogens with zero attached hydrogens (tertiary/aromatic N) is 2. The van der Waals surface area contributed by atoms with E-state index in [-0.39, 0.29) is 5.91 Å². The lowest BCUT2D eigenvalue weighted by molar-refractivity contribution is -0.122. The molecule has 0 aliphatic carbocycles. The van der Waals surface area contributed by atoms with Gasteiger partial charge in [-0.3, -0.25) is 9.78 Å². The third-order valence-corrected chi connectivity index (χ3v) is 3.55. The normalized spacial score (nSPS) is 14.0. The average molecular weight is 282 g/mol. The Labute approximate surface area is 124 Å². The van der Waals surface area contributed by atoms with Crippen LogP contribution in [0.25, 0.3) is 11.1 Å². The summed E-state index contributed by atoms with van der Waals surface area (Å²) in [4.78, 5) is 17.4. The van der Waals surface area contributed by atoms with Crippen molar-refractivity contribution in [2.24, 2.45) is 0 Å². The second-order valence-corrected chi connectivity index (χ2v) is 5.10. The van der Waals surface area contributed by atoms with E-state index < -0.39 is 0 Å². The van der Waals surface area contributed by atoms with Crippen molar-refractivity contribution in [3.63, 3.8) is 0 Å². The second kappa shape index (κ2) is 5.95. The lowest BCUT2D eigenvalue weighted by atomic mass is 10.1. The van der Waals surface area contributed by atoms with Crippen LogP contribution in [0.15, 0.2) is 42.7 Å². The number of pyridine rings is 1. The van der Waals surface area contributed by atoms with Gasteiger partial charge >= 0.3 is 0 Å². The highest BCUT2D eigenvalue weighted by molar-refractivity contribution is 5.99. The van der Waals surface area contributed by atoms with Crippen LogP contribution in [-0.2, 0) is 4.79 Å². The summed E-state index contributed by atoms with van der Waals surface area (Å²) in [6, 6.07) is 9.98. The van der Waals surface area contributed by atoms with E-state index in [1.165, 1.54) is 0 Å². The Hall–Kier alpha value is -2.36. The molecule has 0 radical (unpaired) electrons. The first-order chi connectivity index (χ1) is 10.3. The number of β-lactam (4-membered cyclic amide) rings is 1. The van der Waals surface area contributed by atoms with E-state index in [1.54, 1.807) is 11.1 Å². The van der Waals surface area contributed by atoms with E-state index in [9.17, 15) is 4.79 Å². The lowest BCUT2D eigenvalue weighted by Crippen LogP contribution is -2.43. The third-order valence-electron chi connectivity index (χ3n) is 3.55. The molecule has 1 aliphatic heterocycles. The fourth-order valence-electron chi connectivity index (χ4n) is 2.30. The van der Waals surface area contributed by atoms with Gasteiger partial charge in [0.25, 0.3) is 0 Å². The van der Waals surface area contributed by atoms with Crippen LogP contribution >= 0.6 is 0 Å². The van der Waals surface area contributed by atoms with Crippen LogP contribution in [0.2, 0.25) is 0 Å². The fourth-order valence-corrected chi connectivity index (χ4v) is 2.30. The Morgan fingerprint density at radius 1 is 1.19 bits per heavy atom. The van der Waals surface area contributed by atoms with Gasteiger partial charge in [0.1, 0.15) is 5.75 Å². The molecule has 2 aromatic rings. The van der Waals surface area contributed by atoms with E-state index in [4.69, 9.17) is 4.74 Å². The number of hydrogen-bond acceptors (Lipinski definition) is 3. The van der Waals surface area contributed by atoms with Crippen LogP contribution in [0.3, 0.4) is 0 Å². The van der Waals surface area contributed by atoms with Crippen molar-refractivity contribution >= 4 is 11.6 Å². The molecule has 0 bridgehead atoms. The second-order valence-electron chi connectivity index (χ2n) is 5.10. The highest BCUT2D eigenvalue weighted by Crippen LogP contribution is 2.27. The number of anilines is 1. The molecule has 108 valence electrons. The van der Waals surface area contributed by atoms with Crippen molar-refractivity contribution in [2.75, 3.05) is 18.1 Å². The van der Waals surface area contributed by atoms with Crippen LogP contribution in [0.1, 0.15) is 19.8 Å². The van der Waals surface area contributed by atoms with Gasteiger partial charge in [-0.2, -0.15) is 0 Å². The molecule has 21 heavy (non-hydrogen) atoms. The molecule has 4 nitrogen and oxygen atoms in total. The summed E-state index contributed by atoms with van der Waals surface area (Å²) in [6.07, 6.45) is 5.18. The van der Waals surface area contributed by atoms with Crippen molar-refractivity contribution in [2.45, 2.75) is 19.8 Å². The lowest BCUT2D eigenvalue weighted by Gasteiger charge is -2.30. The predicted octanol–water partition coefficient (Wildman–Crippen LogP) is 3.27. The maximum absolute atomic E-state index is 11.4. The van der Waals surface area contributed by atoms with Gasteiger partial charge in [0, 0.05) is 30.4 Å². The van der Waals surface area contributed by atoms with Gasteiger partial charge in [-0.25, -0.2) is 0 Å². The Kier molecular flexibility index (Phi) is 3.86. The summed E-state index contributed by atoms with van der Waals surface area (Å²) in [6.45, 7) is 3.59. The molecule has 2 heterocycles. The summed E-state index contributed by atoms with van der Waals surface area (Å²) in [5, 5.41) is 0. The molecular formula is C17H18N2O2. The topological polar surface area (TPSA) is 42.4 Å². The summed E-state index contributed by atoms with van der Waals surface area (Å²) >= 11 is 0. The highest BCUT2D eigenvalue weighted by Gasteiger charge is 2.24. The molecule has 3 rings (SSSR count). The maximum Gasteiger partial charge on any atom is 0.228 e. The summed E-state index contributed by atoms with van der Waals surface area (Å²) in [5.74, 6) is 0.982. The Bertz CT molecular complexity index is 637. The van der Waals surface area contributed by atoms with E-state index in [0.29, 0.717) is 13.0 Å².